The molecule has 1 aromatic carbocycles. The van der Waals surface area contributed by atoms with Gasteiger partial charge in [-0.05, 0) is 45.1 Å². The van der Waals surface area contributed by atoms with Crippen LogP contribution in [0.1, 0.15) is 24.9 Å². The Hall–Kier alpha value is -0.280. The van der Waals surface area contributed by atoms with Crippen LogP contribution < -0.4 is 5.73 Å². The molecule has 0 aromatic heterocycles. The lowest BCUT2D eigenvalue weighted by atomic mass is 9.99. The summed E-state index contributed by atoms with van der Waals surface area (Å²) < 4.78 is 0. The first-order valence-corrected chi connectivity index (χ1v) is 6.04. The summed E-state index contributed by atoms with van der Waals surface area (Å²) in [4.78, 5) is 2.14. The highest BCUT2D eigenvalue weighted by Crippen LogP contribution is 2.29. The fourth-order valence-electron chi connectivity index (χ4n) is 1.72. The highest BCUT2D eigenvalue weighted by atomic mass is 35.5. The second kappa shape index (κ2) is 5.87. The molecule has 2 nitrogen and oxygen atoms in total. The summed E-state index contributed by atoms with van der Waals surface area (Å²) in [6.07, 6.45) is 0.894. The average molecular weight is 261 g/mol. The molecule has 2 atom stereocenters. The summed E-state index contributed by atoms with van der Waals surface area (Å²) in [7, 11) is 4.07. The number of rotatable bonds is 4. The normalized spacial score (nSPS) is 15.2. The van der Waals surface area contributed by atoms with Crippen LogP contribution >= 0.6 is 23.2 Å². The molecule has 0 fully saturated rings. The molecule has 0 radical (unpaired) electrons. The second-order valence-corrected chi connectivity index (χ2v) is 5.18. The van der Waals surface area contributed by atoms with E-state index >= 15 is 0 Å². The topological polar surface area (TPSA) is 29.3 Å². The van der Waals surface area contributed by atoms with Gasteiger partial charge in [0, 0.05) is 12.1 Å². The van der Waals surface area contributed by atoms with Gasteiger partial charge in [0.05, 0.1) is 10.0 Å². The summed E-state index contributed by atoms with van der Waals surface area (Å²) in [6, 6.07) is 6.17. The van der Waals surface area contributed by atoms with E-state index in [-0.39, 0.29) is 12.1 Å². The molecule has 0 saturated heterocycles. The minimum Gasteiger partial charge on any atom is -0.328 e. The van der Waals surface area contributed by atoms with Gasteiger partial charge in [-0.1, -0.05) is 29.3 Å². The monoisotopic (exact) mass is 260 g/mol. The van der Waals surface area contributed by atoms with Gasteiger partial charge >= 0.3 is 0 Å². The lowest BCUT2D eigenvalue weighted by Gasteiger charge is -2.26. The van der Waals surface area contributed by atoms with E-state index in [2.05, 4.69) is 4.90 Å². The Labute approximate surface area is 107 Å². The number of nitrogens with zero attached hydrogens (tertiary/aromatic N) is 1. The maximum absolute atomic E-state index is 6.02. The molecule has 0 aliphatic heterocycles. The Morgan fingerprint density at radius 1 is 1.25 bits per heavy atom. The van der Waals surface area contributed by atoms with Crippen molar-refractivity contribution in [2.24, 2.45) is 5.73 Å². The maximum atomic E-state index is 6.02. The van der Waals surface area contributed by atoms with Crippen molar-refractivity contribution in [2.75, 3.05) is 14.1 Å². The summed E-state index contributed by atoms with van der Waals surface area (Å²) in [5.41, 5.74) is 7.00. The standard InChI is InChI=1S/C12H18Cl2N2/c1-8(15)6-12(16(2)3)9-4-5-10(13)11(14)7-9/h4-5,7-8,12H,6,15H2,1-3H3. The predicted molar refractivity (Wildman–Crippen MR) is 71.2 cm³/mol. The molecule has 0 aliphatic carbocycles. The summed E-state index contributed by atoms with van der Waals surface area (Å²) in [5.74, 6) is 0. The van der Waals surface area contributed by atoms with Crippen molar-refractivity contribution in [3.8, 4) is 0 Å². The smallest absolute Gasteiger partial charge is 0.0595 e. The van der Waals surface area contributed by atoms with E-state index in [0.717, 1.165) is 12.0 Å². The zero-order valence-electron chi connectivity index (χ0n) is 9.87. The van der Waals surface area contributed by atoms with Crippen LogP contribution in [0.3, 0.4) is 0 Å². The van der Waals surface area contributed by atoms with Gasteiger partial charge in [0.1, 0.15) is 0 Å². The van der Waals surface area contributed by atoms with Crippen LogP contribution in [-0.4, -0.2) is 25.0 Å². The summed E-state index contributed by atoms with van der Waals surface area (Å²) >= 11 is 11.9. The molecule has 1 aromatic rings. The quantitative estimate of drug-likeness (QED) is 0.900. The SMILES string of the molecule is CC(N)CC(c1ccc(Cl)c(Cl)c1)N(C)C. The van der Waals surface area contributed by atoms with Crippen molar-refractivity contribution in [1.82, 2.24) is 4.90 Å². The van der Waals surface area contributed by atoms with Crippen LogP contribution in [-0.2, 0) is 0 Å². The highest BCUT2D eigenvalue weighted by molar-refractivity contribution is 6.42. The molecule has 2 unspecified atom stereocenters. The molecule has 0 aliphatic rings. The number of hydrogen-bond donors (Lipinski definition) is 1. The average Bonchev–Trinajstić information content (AvgIpc) is 2.18. The first kappa shape index (κ1) is 13.8. The Balaban J connectivity index is 2.97. The van der Waals surface area contributed by atoms with Crippen molar-refractivity contribution in [3.63, 3.8) is 0 Å². The van der Waals surface area contributed by atoms with E-state index in [1.807, 2.05) is 39.2 Å². The summed E-state index contributed by atoms with van der Waals surface area (Å²) in [5, 5.41) is 1.18. The van der Waals surface area contributed by atoms with E-state index in [4.69, 9.17) is 28.9 Å². The Bertz CT molecular complexity index is 351. The van der Waals surface area contributed by atoms with Gasteiger partial charge in [-0.15, -0.1) is 0 Å². The van der Waals surface area contributed by atoms with Gasteiger partial charge in [0.2, 0.25) is 0 Å². The molecule has 2 N–H and O–H groups in total. The van der Waals surface area contributed by atoms with Gasteiger partial charge in [-0.25, -0.2) is 0 Å². The molecule has 0 amide bonds. The molecule has 1 rings (SSSR count). The minimum atomic E-state index is 0.154. The van der Waals surface area contributed by atoms with Crippen LogP contribution in [0.5, 0.6) is 0 Å². The number of benzene rings is 1. The van der Waals surface area contributed by atoms with Crippen molar-refractivity contribution < 1.29 is 0 Å². The third kappa shape index (κ3) is 3.63. The third-order valence-electron chi connectivity index (χ3n) is 2.55. The molecular weight excluding hydrogens is 243 g/mol. The van der Waals surface area contributed by atoms with Crippen molar-refractivity contribution in [2.45, 2.75) is 25.4 Å². The van der Waals surface area contributed by atoms with Crippen LogP contribution in [0, 0.1) is 0 Å². The van der Waals surface area contributed by atoms with Gasteiger partial charge < -0.3 is 10.6 Å². The van der Waals surface area contributed by atoms with Gasteiger partial charge in [-0.2, -0.15) is 0 Å². The second-order valence-electron chi connectivity index (χ2n) is 4.37. The lowest BCUT2D eigenvalue weighted by Crippen LogP contribution is -2.27. The fourth-order valence-corrected chi connectivity index (χ4v) is 2.02. The number of hydrogen-bond acceptors (Lipinski definition) is 2. The molecule has 0 saturated carbocycles. The summed E-state index contributed by atoms with van der Waals surface area (Å²) in [6.45, 7) is 2.01. The lowest BCUT2D eigenvalue weighted by molar-refractivity contribution is 0.272. The van der Waals surface area contributed by atoms with Crippen LogP contribution in [0.25, 0.3) is 0 Å². The molecule has 16 heavy (non-hydrogen) atoms. The van der Waals surface area contributed by atoms with E-state index in [0.29, 0.717) is 10.0 Å². The Kier molecular flexibility index (Phi) is 5.06. The van der Waals surface area contributed by atoms with E-state index in [1.165, 1.54) is 0 Å². The molecule has 0 heterocycles. The zero-order valence-corrected chi connectivity index (χ0v) is 11.4. The largest absolute Gasteiger partial charge is 0.328 e. The third-order valence-corrected chi connectivity index (χ3v) is 3.29. The molecule has 0 spiro atoms. The van der Waals surface area contributed by atoms with Crippen molar-refractivity contribution >= 4 is 23.2 Å². The fraction of sp³-hybridized carbons (Fsp3) is 0.500. The molecular formula is C12H18Cl2N2. The molecule has 0 bridgehead atoms. The van der Waals surface area contributed by atoms with Crippen LogP contribution in [0.4, 0.5) is 0 Å². The van der Waals surface area contributed by atoms with Crippen LogP contribution in [0.15, 0.2) is 18.2 Å². The molecule has 4 heteroatoms. The predicted octanol–water partition coefficient (Wildman–Crippen LogP) is 3.33. The van der Waals surface area contributed by atoms with Gasteiger partial charge in [0.25, 0.3) is 0 Å². The minimum absolute atomic E-state index is 0.154. The first-order chi connectivity index (χ1) is 7.41. The van der Waals surface area contributed by atoms with E-state index < -0.39 is 0 Å². The highest BCUT2D eigenvalue weighted by Gasteiger charge is 2.16. The van der Waals surface area contributed by atoms with Gasteiger partial charge in [-0.3, -0.25) is 0 Å². The van der Waals surface area contributed by atoms with E-state index in [1.54, 1.807) is 0 Å². The molecule has 90 valence electrons. The maximum Gasteiger partial charge on any atom is 0.0595 e. The first-order valence-electron chi connectivity index (χ1n) is 5.28. The van der Waals surface area contributed by atoms with Crippen molar-refractivity contribution in [1.29, 1.82) is 0 Å². The zero-order chi connectivity index (χ0) is 12.3. The number of halogens is 2. The van der Waals surface area contributed by atoms with Crippen LogP contribution in [0.2, 0.25) is 10.0 Å². The van der Waals surface area contributed by atoms with Crippen molar-refractivity contribution in [3.05, 3.63) is 33.8 Å². The number of nitrogens with two attached hydrogens (primary N) is 1. The van der Waals surface area contributed by atoms with Gasteiger partial charge in [0.15, 0.2) is 0 Å². The van der Waals surface area contributed by atoms with E-state index in [9.17, 15) is 0 Å². The Morgan fingerprint density at radius 2 is 1.88 bits per heavy atom. The Morgan fingerprint density at radius 3 is 2.31 bits per heavy atom.